The van der Waals surface area contributed by atoms with Crippen molar-refractivity contribution in [2.75, 3.05) is 0 Å². The second kappa shape index (κ2) is 4.89. The van der Waals surface area contributed by atoms with E-state index < -0.39 is 11.6 Å². The first-order valence-electron chi connectivity index (χ1n) is 5.24. The van der Waals surface area contributed by atoms with E-state index in [2.05, 4.69) is 5.43 Å². The molecule has 1 aromatic carbocycles. The fraction of sp³-hybridized carbons (Fsp3) is 0.500. The molecule has 0 saturated heterocycles. The second-order valence-corrected chi connectivity index (χ2v) is 5.04. The van der Waals surface area contributed by atoms with Crippen molar-refractivity contribution < 1.29 is 8.78 Å². The molecular weight excluding hydrogens is 210 g/mol. The Hall–Kier alpha value is -1.00. The van der Waals surface area contributed by atoms with Crippen LogP contribution in [0.2, 0.25) is 0 Å². The molecule has 0 aliphatic heterocycles. The zero-order valence-electron chi connectivity index (χ0n) is 9.85. The van der Waals surface area contributed by atoms with Gasteiger partial charge in [-0.05, 0) is 29.5 Å². The van der Waals surface area contributed by atoms with E-state index >= 15 is 0 Å². The molecular formula is C12H18F2N2. The van der Waals surface area contributed by atoms with Gasteiger partial charge in [0.1, 0.15) is 0 Å². The van der Waals surface area contributed by atoms with Crippen molar-refractivity contribution in [2.24, 2.45) is 11.3 Å². The fourth-order valence-corrected chi connectivity index (χ4v) is 1.52. The molecule has 0 amide bonds. The summed E-state index contributed by atoms with van der Waals surface area (Å²) < 4.78 is 25.7. The fourth-order valence-electron chi connectivity index (χ4n) is 1.52. The number of rotatable bonds is 3. The van der Waals surface area contributed by atoms with Crippen LogP contribution in [0, 0.1) is 17.0 Å². The minimum absolute atomic E-state index is 0.0114. The van der Waals surface area contributed by atoms with Crippen LogP contribution in [0.4, 0.5) is 8.78 Å². The molecule has 0 aromatic heterocycles. The van der Waals surface area contributed by atoms with E-state index in [1.54, 1.807) is 6.07 Å². The lowest BCUT2D eigenvalue weighted by Gasteiger charge is -2.30. The normalized spacial score (nSPS) is 13.9. The molecule has 0 fully saturated rings. The Labute approximate surface area is 94.8 Å². The van der Waals surface area contributed by atoms with Crippen LogP contribution in [0.15, 0.2) is 18.2 Å². The number of hydrogen-bond acceptors (Lipinski definition) is 2. The molecule has 1 aromatic rings. The maximum absolute atomic E-state index is 13.0. The Morgan fingerprint density at radius 1 is 1.25 bits per heavy atom. The van der Waals surface area contributed by atoms with E-state index in [-0.39, 0.29) is 11.5 Å². The maximum atomic E-state index is 13.0. The predicted octanol–water partition coefficient (Wildman–Crippen LogP) is 2.39. The molecule has 0 bridgehead atoms. The van der Waals surface area contributed by atoms with Crippen LogP contribution < -0.4 is 11.3 Å². The largest absolute Gasteiger partial charge is 0.271 e. The molecule has 1 atom stereocenters. The van der Waals surface area contributed by atoms with Crippen molar-refractivity contribution in [1.29, 1.82) is 0 Å². The minimum Gasteiger partial charge on any atom is -0.271 e. The third kappa shape index (κ3) is 3.25. The third-order valence-electron chi connectivity index (χ3n) is 2.67. The number of benzene rings is 1. The average molecular weight is 228 g/mol. The maximum Gasteiger partial charge on any atom is 0.159 e. The van der Waals surface area contributed by atoms with Crippen molar-refractivity contribution >= 4 is 0 Å². The highest BCUT2D eigenvalue weighted by Gasteiger charge is 2.23. The third-order valence-corrected chi connectivity index (χ3v) is 2.67. The molecule has 1 rings (SSSR count). The summed E-state index contributed by atoms with van der Waals surface area (Å²) in [7, 11) is 0. The molecule has 0 spiro atoms. The zero-order valence-corrected chi connectivity index (χ0v) is 9.85. The zero-order chi connectivity index (χ0) is 12.3. The molecule has 0 saturated carbocycles. The highest BCUT2D eigenvalue weighted by molar-refractivity contribution is 5.19. The van der Waals surface area contributed by atoms with Crippen LogP contribution in [0.5, 0.6) is 0 Å². The van der Waals surface area contributed by atoms with Crippen LogP contribution in [-0.2, 0) is 6.42 Å². The molecule has 0 heterocycles. The van der Waals surface area contributed by atoms with Gasteiger partial charge in [-0.15, -0.1) is 0 Å². The first-order valence-corrected chi connectivity index (χ1v) is 5.24. The van der Waals surface area contributed by atoms with Gasteiger partial charge in [0.15, 0.2) is 11.6 Å². The predicted molar refractivity (Wildman–Crippen MR) is 60.6 cm³/mol. The van der Waals surface area contributed by atoms with Crippen LogP contribution in [0.3, 0.4) is 0 Å². The molecule has 3 N–H and O–H groups in total. The first kappa shape index (κ1) is 13.1. The highest BCUT2D eigenvalue weighted by Crippen LogP contribution is 2.22. The Balaban J connectivity index is 2.83. The number of nitrogens with two attached hydrogens (primary N) is 1. The van der Waals surface area contributed by atoms with Gasteiger partial charge in [0.25, 0.3) is 0 Å². The van der Waals surface area contributed by atoms with E-state index in [1.807, 2.05) is 20.8 Å². The van der Waals surface area contributed by atoms with E-state index in [1.165, 1.54) is 6.07 Å². The average Bonchev–Trinajstić information content (AvgIpc) is 2.18. The van der Waals surface area contributed by atoms with E-state index in [9.17, 15) is 8.78 Å². The van der Waals surface area contributed by atoms with Crippen molar-refractivity contribution in [1.82, 2.24) is 5.43 Å². The molecule has 90 valence electrons. The standard InChI is InChI=1S/C12H18F2N2/c1-12(2,3)11(16-15)7-8-4-5-9(13)10(14)6-8/h4-6,11,16H,7,15H2,1-3H3. The number of hydrazine groups is 1. The van der Waals surface area contributed by atoms with Gasteiger partial charge in [-0.3, -0.25) is 11.3 Å². The van der Waals surface area contributed by atoms with Gasteiger partial charge in [0, 0.05) is 6.04 Å². The second-order valence-electron chi connectivity index (χ2n) is 5.04. The van der Waals surface area contributed by atoms with E-state index in [0.717, 1.165) is 11.6 Å². The topological polar surface area (TPSA) is 38.0 Å². The lowest BCUT2D eigenvalue weighted by molar-refractivity contribution is 0.268. The summed E-state index contributed by atoms with van der Waals surface area (Å²) in [6, 6.07) is 3.94. The van der Waals surface area contributed by atoms with Crippen molar-refractivity contribution in [2.45, 2.75) is 33.2 Å². The van der Waals surface area contributed by atoms with Gasteiger partial charge < -0.3 is 0 Å². The summed E-state index contributed by atoms with van der Waals surface area (Å²) in [6.07, 6.45) is 0.567. The smallest absolute Gasteiger partial charge is 0.159 e. The van der Waals surface area contributed by atoms with Crippen LogP contribution in [-0.4, -0.2) is 6.04 Å². The molecule has 4 heteroatoms. The molecule has 16 heavy (non-hydrogen) atoms. The minimum atomic E-state index is -0.822. The van der Waals surface area contributed by atoms with Gasteiger partial charge in [-0.25, -0.2) is 8.78 Å². The number of hydrogen-bond donors (Lipinski definition) is 2. The Bertz CT molecular complexity index is 359. The monoisotopic (exact) mass is 228 g/mol. The summed E-state index contributed by atoms with van der Waals surface area (Å²) in [5, 5.41) is 0. The summed E-state index contributed by atoms with van der Waals surface area (Å²) in [5.41, 5.74) is 3.40. The molecule has 0 radical (unpaired) electrons. The molecule has 0 aliphatic carbocycles. The van der Waals surface area contributed by atoms with Crippen LogP contribution in [0.1, 0.15) is 26.3 Å². The lowest BCUT2D eigenvalue weighted by atomic mass is 9.83. The van der Waals surface area contributed by atoms with Gasteiger partial charge in [0.2, 0.25) is 0 Å². The van der Waals surface area contributed by atoms with Crippen molar-refractivity contribution in [3.8, 4) is 0 Å². The van der Waals surface area contributed by atoms with Crippen LogP contribution >= 0.6 is 0 Å². The Morgan fingerprint density at radius 3 is 2.31 bits per heavy atom. The summed E-state index contributed by atoms with van der Waals surface area (Å²) in [4.78, 5) is 0. The van der Waals surface area contributed by atoms with Crippen LogP contribution in [0.25, 0.3) is 0 Å². The van der Waals surface area contributed by atoms with Gasteiger partial charge in [-0.1, -0.05) is 26.8 Å². The lowest BCUT2D eigenvalue weighted by Crippen LogP contribution is -2.45. The first-order chi connectivity index (χ1) is 7.34. The summed E-state index contributed by atoms with van der Waals surface area (Å²) in [6.45, 7) is 6.12. The van der Waals surface area contributed by atoms with Crippen molar-refractivity contribution in [3.05, 3.63) is 35.4 Å². The Morgan fingerprint density at radius 2 is 1.88 bits per heavy atom. The highest BCUT2D eigenvalue weighted by atomic mass is 19.2. The van der Waals surface area contributed by atoms with Gasteiger partial charge in [-0.2, -0.15) is 0 Å². The number of halogens is 2. The van der Waals surface area contributed by atoms with E-state index in [4.69, 9.17) is 5.84 Å². The molecule has 2 nitrogen and oxygen atoms in total. The van der Waals surface area contributed by atoms with Crippen molar-refractivity contribution in [3.63, 3.8) is 0 Å². The SMILES string of the molecule is CC(C)(C)C(Cc1ccc(F)c(F)c1)NN. The van der Waals surface area contributed by atoms with Gasteiger partial charge in [0.05, 0.1) is 0 Å². The summed E-state index contributed by atoms with van der Waals surface area (Å²) in [5.74, 6) is 3.82. The van der Waals surface area contributed by atoms with Gasteiger partial charge >= 0.3 is 0 Å². The number of nitrogens with one attached hydrogen (secondary N) is 1. The molecule has 1 unspecified atom stereocenters. The Kier molecular flexibility index (Phi) is 3.99. The van der Waals surface area contributed by atoms with E-state index in [0.29, 0.717) is 6.42 Å². The quantitative estimate of drug-likeness (QED) is 0.615. The summed E-state index contributed by atoms with van der Waals surface area (Å²) >= 11 is 0. The molecule has 0 aliphatic rings.